The molecule has 2 bridgehead atoms. The number of H-pyrrole nitrogens is 1. The van der Waals surface area contributed by atoms with Crippen LogP contribution in [0.25, 0.3) is 11.0 Å². The minimum atomic E-state index is -4.45. The van der Waals surface area contributed by atoms with E-state index < -0.39 is 87.7 Å². The van der Waals surface area contributed by atoms with Crippen molar-refractivity contribution in [1.29, 1.82) is 0 Å². The number of alkyl halides is 2. The van der Waals surface area contributed by atoms with Crippen LogP contribution in [0.4, 0.5) is 14.6 Å². The van der Waals surface area contributed by atoms with Crippen LogP contribution < -0.4 is 22.3 Å². The second-order valence-corrected chi connectivity index (χ2v) is 15.9. The molecular weight excluding hydrogens is 688 g/mol. The summed E-state index contributed by atoms with van der Waals surface area (Å²) in [6, 6.07) is 1.41. The second kappa shape index (κ2) is 11.4. The molecule has 0 amide bonds. The highest BCUT2D eigenvalue weighted by Crippen LogP contribution is 2.58. The van der Waals surface area contributed by atoms with E-state index in [4.69, 9.17) is 50.8 Å². The molecule has 7 N–H and O–H groups in total. The van der Waals surface area contributed by atoms with Gasteiger partial charge in [-0.15, -0.1) is 5.10 Å². The number of nitrogens with one attached hydrogen (secondary N) is 2. The normalized spacial score (nSPS) is 40.5. The number of guanidine groups is 1. The van der Waals surface area contributed by atoms with Gasteiger partial charge in [0, 0.05) is 6.20 Å². The molecule has 0 saturated carbocycles. The number of halogens is 2. The van der Waals surface area contributed by atoms with Crippen LogP contribution in [-0.4, -0.2) is 90.4 Å². The number of aromatic nitrogens is 6. The topological polar surface area (TPSA) is 250 Å². The maximum absolute atomic E-state index is 16.0. The smallest absolute Gasteiger partial charge is 0.370 e. The maximum atomic E-state index is 16.0. The Balaban J connectivity index is 1.19. The third-order valence-corrected chi connectivity index (χ3v) is 10.6. The first-order chi connectivity index (χ1) is 21.3. The first-order valence-corrected chi connectivity index (χ1v) is 18.4. The van der Waals surface area contributed by atoms with Crippen LogP contribution >= 0.6 is 25.8 Å². The fourth-order valence-corrected chi connectivity index (χ4v) is 8.26. The molecule has 45 heavy (non-hydrogen) atoms. The molecule has 3 saturated heterocycles. The van der Waals surface area contributed by atoms with Gasteiger partial charge in [-0.3, -0.25) is 18.4 Å². The predicted molar refractivity (Wildman–Crippen MR) is 155 cm³/mol. The molecule has 0 spiro atoms. The van der Waals surface area contributed by atoms with Crippen molar-refractivity contribution in [2.45, 2.75) is 55.4 Å². The Bertz CT molecular complexity index is 1830. The molecule has 3 unspecified atom stereocenters. The molecular formula is C20H24F2N10O9P2S2. The Kier molecular flexibility index (Phi) is 7.90. The highest BCUT2D eigenvalue weighted by Gasteiger charge is 2.54. The van der Waals surface area contributed by atoms with E-state index in [1.807, 2.05) is 0 Å². The molecule has 11 atom stereocenters. The third-order valence-electron chi connectivity index (χ3n) is 7.40. The number of aromatic amines is 1. The van der Waals surface area contributed by atoms with Crippen molar-refractivity contribution in [2.75, 3.05) is 18.5 Å². The highest BCUT2D eigenvalue weighted by atomic mass is 32.7. The fraction of sp³-hybridized carbons (Fsp3) is 0.550. The SMILES string of the molecule is NC1=NC(N)c2nnn([C@@H]3O[C@@H]4COP(=O)(S)O[C@H]5[C@H](F)[C@H](n6ccc7c(=O)[nH]cnc76)O[C@@H]5COP(O)(=S)O[C@@H]3[C@H]4F)c2N1. The van der Waals surface area contributed by atoms with Gasteiger partial charge < -0.3 is 45.2 Å². The van der Waals surface area contributed by atoms with Crippen molar-refractivity contribution in [3.05, 3.63) is 34.6 Å². The van der Waals surface area contributed by atoms with Gasteiger partial charge >= 0.3 is 13.5 Å². The van der Waals surface area contributed by atoms with E-state index in [-0.39, 0.29) is 28.5 Å². The summed E-state index contributed by atoms with van der Waals surface area (Å²) in [6.07, 6.45) is -11.8. The Morgan fingerprint density at radius 2 is 1.89 bits per heavy atom. The summed E-state index contributed by atoms with van der Waals surface area (Å²) < 4.78 is 81.0. The maximum Gasteiger partial charge on any atom is 0.386 e. The van der Waals surface area contributed by atoms with E-state index in [1.165, 1.54) is 16.8 Å². The molecule has 4 aliphatic rings. The van der Waals surface area contributed by atoms with Crippen LogP contribution in [0.2, 0.25) is 0 Å². The minimum Gasteiger partial charge on any atom is -0.370 e. The average Bonchev–Trinajstić information content (AvgIpc) is 3.72. The summed E-state index contributed by atoms with van der Waals surface area (Å²) in [5.41, 5.74) is 11.5. The van der Waals surface area contributed by atoms with Crippen molar-refractivity contribution in [1.82, 2.24) is 29.5 Å². The number of anilines is 1. The molecule has 7 rings (SSSR count). The standard InChI is InChI=1S/C20H24F2N10O9P2S2/c21-9-7-3-36-42(34,44)40-12-8(39-18(10(12)22)31-2-1-6-15(31)25-5-26-17(6)33)4-37-43(35,45)41-13(9)19(38-7)32-16-11(29-30-32)14(23)27-20(24)28-16/h1-2,5,7-10,12-14,18-19H,3-4,23H2,(H,34,44)(H,35,45)(H3,24,27,28)(H,25,26,33)/t7-,8-,9+,10+,12-,13-,14?,18-,19-,42?,43?/m1/s1. The number of fused-ring (bicyclic) bond motifs is 5. The van der Waals surface area contributed by atoms with Crippen molar-refractivity contribution in [3.63, 3.8) is 0 Å². The first-order valence-electron chi connectivity index (χ1n) is 13.1. The molecule has 3 aromatic heterocycles. The summed E-state index contributed by atoms with van der Waals surface area (Å²) in [4.78, 5) is 33.6. The Labute approximate surface area is 260 Å². The molecule has 3 fully saturated rings. The summed E-state index contributed by atoms with van der Waals surface area (Å²) in [6.45, 7) is -10.2. The monoisotopic (exact) mass is 712 g/mol. The summed E-state index contributed by atoms with van der Waals surface area (Å²) >= 11 is 9.13. The number of rotatable bonds is 2. The van der Waals surface area contributed by atoms with Crippen LogP contribution in [0.3, 0.4) is 0 Å². The van der Waals surface area contributed by atoms with Gasteiger partial charge in [-0.2, -0.15) is 4.68 Å². The molecule has 244 valence electrons. The van der Waals surface area contributed by atoms with E-state index in [9.17, 15) is 14.3 Å². The summed E-state index contributed by atoms with van der Waals surface area (Å²) in [5.74, 6) is 0.0257. The largest absolute Gasteiger partial charge is 0.386 e. The number of hydrogen-bond acceptors (Lipinski definition) is 16. The van der Waals surface area contributed by atoms with E-state index in [0.717, 1.165) is 11.0 Å². The van der Waals surface area contributed by atoms with Crippen molar-refractivity contribution < 1.29 is 45.8 Å². The van der Waals surface area contributed by atoms with Gasteiger partial charge in [-0.05, 0) is 17.9 Å². The van der Waals surface area contributed by atoms with Gasteiger partial charge in [0.2, 0.25) is 0 Å². The van der Waals surface area contributed by atoms with Crippen LogP contribution in [0.1, 0.15) is 24.3 Å². The van der Waals surface area contributed by atoms with Crippen molar-refractivity contribution in [2.24, 2.45) is 16.5 Å². The van der Waals surface area contributed by atoms with Gasteiger partial charge in [-0.25, -0.2) is 23.3 Å². The van der Waals surface area contributed by atoms with Crippen LogP contribution in [0, 0.1) is 0 Å². The van der Waals surface area contributed by atoms with Gasteiger partial charge in [0.1, 0.15) is 41.9 Å². The van der Waals surface area contributed by atoms with E-state index in [2.05, 4.69) is 42.8 Å². The Hall–Kier alpha value is -2.40. The number of nitrogens with zero attached hydrogens (tertiary/aromatic N) is 6. The lowest BCUT2D eigenvalue weighted by Gasteiger charge is -2.27. The summed E-state index contributed by atoms with van der Waals surface area (Å²) in [5, 5.41) is 10.8. The molecule has 0 aliphatic carbocycles. The lowest BCUT2D eigenvalue weighted by Crippen LogP contribution is -2.35. The lowest BCUT2D eigenvalue weighted by atomic mass is 10.1. The van der Waals surface area contributed by atoms with Crippen LogP contribution in [0.5, 0.6) is 0 Å². The summed E-state index contributed by atoms with van der Waals surface area (Å²) in [7, 11) is 0. The Morgan fingerprint density at radius 1 is 1.13 bits per heavy atom. The molecule has 0 radical (unpaired) electrons. The number of hydrogen-bond donors (Lipinski definition) is 6. The quantitative estimate of drug-likeness (QED) is 0.154. The van der Waals surface area contributed by atoms with Crippen LogP contribution in [0.15, 0.2) is 28.4 Å². The second-order valence-electron chi connectivity index (χ2n) is 10.2. The first kappa shape index (κ1) is 31.2. The molecule has 19 nitrogen and oxygen atoms in total. The molecule has 3 aromatic rings. The fourth-order valence-electron chi connectivity index (χ4n) is 5.38. The number of thiol groups is 1. The average molecular weight is 713 g/mol. The molecule has 7 heterocycles. The van der Waals surface area contributed by atoms with Crippen molar-refractivity contribution in [3.8, 4) is 0 Å². The lowest BCUT2D eigenvalue weighted by molar-refractivity contribution is -0.0630. The van der Waals surface area contributed by atoms with Gasteiger partial charge in [0.15, 0.2) is 36.6 Å². The molecule has 25 heteroatoms. The van der Waals surface area contributed by atoms with E-state index >= 15 is 8.78 Å². The van der Waals surface area contributed by atoms with Crippen molar-refractivity contribution >= 4 is 60.4 Å². The zero-order valence-electron chi connectivity index (χ0n) is 22.4. The molecule has 4 aliphatic heterocycles. The highest BCUT2D eigenvalue weighted by molar-refractivity contribution is 8.44. The molecule has 0 aromatic carbocycles. The third kappa shape index (κ3) is 5.63. The number of nitrogens with two attached hydrogens (primary N) is 2. The van der Waals surface area contributed by atoms with Gasteiger partial charge in [0.25, 0.3) is 5.56 Å². The number of ether oxygens (including phenoxy) is 2. The zero-order valence-corrected chi connectivity index (χ0v) is 25.9. The number of aliphatic imine (C=N–C) groups is 1. The van der Waals surface area contributed by atoms with E-state index in [1.54, 1.807) is 0 Å². The zero-order chi connectivity index (χ0) is 31.8. The van der Waals surface area contributed by atoms with E-state index in [0.29, 0.717) is 0 Å². The van der Waals surface area contributed by atoms with Gasteiger partial charge in [-0.1, -0.05) is 17.5 Å². The van der Waals surface area contributed by atoms with Gasteiger partial charge in [0.05, 0.1) is 24.9 Å². The van der Waals surface area contributed by atoms with Crippen LogP contribution in [-0.2, 0) is 43.9 Å². The minimum absolute atomic E-state index is 0.0808. The predicted octanol–water partition coefficient (Wildman–Crippen LogP) is 0.257. The Morgan fingerprint density at radius 3 is 2.69 bits per heavy atom.